The maximum Gasteiger partial charge on any atom is 0.331 e. The Morgan fingerprint density at radius 1 is 1.21 bits per heavy atom. The smallest absolute Gasteiger partial charge is 0.331 e. The Labute approximate surface area is 221 Å². The lowest BCUT2D eigenvalue weighted by Crippen LogP contribution is -2.13. The van der Waals surface area contributed by atoms with Crippen molar-refractivity contribution in [1.29, 1.82) is 0 Å². The number of nitrogens with one attached hydrogen (secondary N) is 1. The Balaban J connectivity index is 1.78. The first kappa shape index (κ1) is 29.0. The molecule has 11 heteroatoms. The molecule has 0 spiro atoms. The van der Waals surface area contributed by atoms with Crippen LogP contribution in [0.1, 0.15) is 54.3 Å². The van der Waals surface area contributed by atoms with E-state index in [1.165, 1.54) is 14.0 Å². The van der Waals surface area contributed by atoms with Gasteiger partial charge in [0.2, 0.25) is 0 Å². The number of amides is 1. The number of nitrogens with zero attached hydrogens (tertiary/aromatic N) is 1. The average molecular weight is 549 g/mol. The number of carboxylic acid groups (broad SMARTS) is 1. The molecule has 1 heterocycles. The number of hydrogen-bond donors (Lipinski definition) is 2. The van der Waals surface area contributed by atoms with Gasteiger partial charge >= 0.3 is 5.97 Å². The Hall–Kier alpha value is -3.54. The Bertz CT molecular complexity index is 1320. The highest BCUT2D eigenvalue weighted by Gasteiger charge is 2.21. The molecule has 1 amide bonds. The molecule has 0 bridgehead atoms. The molecular weight excluding hydrogens is 521 g/mol. The minimum Gasteiger partial charge on any atom is -0.478 e. The predicted octanol–water partition coefficient (Wildman–Crippen LogP) is 6.47. The normalized spacial score (nSPS) is 12.4. The van der Waals surface area contributed by atoms with E-state index in [-0.39, 0.29) is 34.1 Å². The van der Waals surface area contributed by atoms with Gasteiger partial charge in [0.15, 0.2) is 5.13 Å². The van der Waals surface area contributed by atoms with Crippen molar-refractivity contribution >= 4 is 34.4 Å². The summed E-state index contributed by atoms with van der Waals surface area (Å²) < 4.78 is 55.2. The second-order valence-electron chi connectivity index (χ2n) is 8.34. The molecule has 2 N–H and O–H groups in total. The minimum atomic E-state index is -1.33. The number of rotatable bonds is 12. The van der Waals surface area contributed by atoms with Crippen molar-refractivity contribution in [3.8, 4) is 11.3 Å². The first-order chi connectivity index (χ1) is 18.2. The summed E-state index contributed by atoms with van der Waals surface area (Å²) in [5.74, 6) is -4.90. The van der Waals surface area contributed by atoms with E-state index < -0.39 is 41.0 Å². The first-order valence-electron chi connectivity index (χ1n) is 11.7. The molecule has 0 fully saturated rings. The van der Waals surface area contributed by atoms with Gasteiger partial charge in [0, 0.05) is 46.9 Å². The number of aromatic nitrogens is 1. The summed E-state index contributed by atoms with van der Waals surface area (Å²) in [6.45, 7) is 3.96. The van der Waals surface area contributed by atoms with Crippen LogP contribution in [0.2, 0.25) is 0 Å². The van der Waals surface area contributed by atoms with Crippen LogP contribution in [0.3, 0.4) is 0 Å². The number of carboxylic acids is 1. The lowest BCUT2D eigenvalue weighted by atomic mass is 10.0. The number of aliphatic carboxylic acids is 1. The molecule has 0 radical (unpaired) electrons. The van der Waals surface area contributed by atoms with Crippen molar-refractivity contribution < 1.29 is 37.3 Å². The van der Waals surface area contributed by atoms with E-state index in [9.17, 15) is 18.4 Å². The lowest BCUT2D eigenvalue weighted by Gasteiger charge is -2.17. The van der Waals surface area contributed by atoms with Crippen molar-refractivity contribution in [2.75, 3.05) is 25.6 Å². The molecule has 3 rings (SSSR count). The number of anilines is 1. The van der Waals surface area contributed by atoms with Crippen molar-refractivity contribution in [2.24, 2.45) is 0 Å². The van der Waals surface area contributed by atoms with Gasteiger partial charge in [-0.25, -0.2) is 22.9 Å². The summed E-state index contributed by atoms with van der Waals surface area (Å²) in [5.41, 5.74) is -0.421. The molecule has 7 nitrogen and oxygen atoms in total. The van der Waals surface area contributed by atoms with Crippen molar-refractivity contribution in [3.63, 3.8) is 0 Å². The zero-order chi connectivity index (χ0) is 27.8. The Morgan fingerprint density at radius 2 is 1.92 bits per heavy atom. The molecular formula is C27H27F3N2O5S. The third kappa shape index (κ3) is 7.06. The molecule has 1 unspecified atom stereocenters. The van der Waals surface area contributed by atoms with Crippen LogP contribution < -0.4 is 5.32 Å². The van der Waals surface area contributed by atoms with Crippen molar-refractivity contribution in [3.05, 3.63) is 75.4 Å². The second-order valence-corrected chi connectivity index (χ2v) is 9.20. The fourth-order valence-electron chi connectivity index (χ4n) is 3.47. The van der Waals surface area contributed by atoms with Crippen LogP contribution in [0, 0.1) is 17.5 Å². The van der Waals surface area contributed by atoms with E-state index in [4.69, 9.17) is 14.6 Å². The van der Waals surface area contributed by atoms with Crippen LogP contribution in [0.4, 0.5) is 18.3 Å². The predicted molar refractivity (Wildman–Crippen MR) is 139 cm³/mol. The van der Waals surface area contributed by atoms with E-state index in [0.29, 0.717) is 12.2 Å². The largest absolute Gasteiger partial charge is 0.478 e. The van der Waals surface area contributed by atoms with Gasteiger partial charge in [-0.2, -0.15) is 0 Å². The highest BCUT2D eigenvalue weighted by molar-refractivity contribution is 7.14. The third-order valence-corrected chi connectivity index (χ3v) is 6.37. The molecule has 0 aliphatic rings. The van der Waals surface area contributed by atoms with E-state index >= 15 is 4.39 Å². The number of methoxy groups -OCH3 is 1. The van der Waals surface area contributed by atoms with E-state index in [1.54, 1.807) is 23.6 Å². The maximum atomic E-state index is 15.4. The number of hydrogen-bond acceptors (Lipinski definition) is 6. The third-order valence-electron chi connectivity index (χ3n) is 5.61. The highest BCUT2D eigenvalue weighted by Crippen LogP contribution is 2.32. The molecule has 0 aliphatic carbocycles. The van der Waals surface area contributed by atoms with Crippen LogP contribution in [0.5, 0.6) is 0 Å². The van der Waals surface area contributed by atoms with Crippen LogP contribution in [-0.2, 0) is 14.3 Å². The van der Waals surface area contributed by atoms with Gasteiger partial charge in [0.1, 0.15) is 23.6 Å². The van der Waals surface area contributed by atoms with Crippen LogP contribution in [0.15, 0.2) is 41.3 Å². The average Bonchev–Trinajstić information content (AvgIpc) is 3.34. The monoisotopic (exact) mass is 548 g/mol. The number of benzene rings is 2. The molecule has 1 aromatic heterocycles. The van der Waals surface area contributed by atoms with Crippen LogP contribution >= 0.6 is 11.3 Å². The van der Waals surface area contributed by atoms with Crippen LogP contribution in [-0.4, -0.2) is 42.3 Å². The molecule has 2 aromatic carbocycles. The topological polar surface area (TPSA) is 97.8 Å². The minimum absolute atomic E-state index is 0.0903. The highest BCUT2D eigenvalue weighted by atomic mass is 32.1. The fourth-order valence-corrected chi connectivity index (χ4v) is 4.18. The van der Waals surface area contributed by atoms with Gasteiger partial charge < -0.3 is 14.6 Å². The second kappa shape index (κ2) is 13.3. The van der Waals surface area contributed by atoms with Gasteiger partial charge in [-0.15, -0.1) is 11.3 Å². The number of halogens is 3. The number of thiazole rings is 1. The lowest BCUT2D eigenvalue weighted by molar-refractivity contribution is -0.132. The van der Waals surface area contributed by atoms with Gasteiger partial charge in [-0.1, -0.05) is 25.5 Å². The molecule has 0 aliphatic heterocycles. The zero-order valence-electron chi connectivity index (χ0n) is 21.0. The number of unbranched alkanes of at least 4 members (excludes halogenated alkanes) is 1. The number of carbonyl (C=O) groups is 2. The van der Waals surface area contributed by atoms with E-state index in [1.807, 2.05) is 6.92 Å². The summed E-state index contributed by atoms with van der Waals surface area (Å²) in [6.07, 6.45) is 2.09. The fraction of sp³-hybridized carbons (Fsp3) is 0.296. The first-order valence-corrected chi connectivity index (χ1v) is 12.6. The molecule has 0 saturated heterocycles. The van der Waals surface area contributed by atoms with Gasteiger partial charge in [-0.3, -0.25) is 10.1 Å². The summed E-state index contributed by atoms with van der Waals surface area (Å²) >= 11 is 1.01. The van der Waals surface area contributed by atoms with Gasteiger partial charge in [0.05, 0.1) is 12.3 Å². The van der Waals surface area contributed by atoms with Gasteiger partial charge in [0.25, 0.3) is 5.91 Å². The Morgan fingerprint density at radius 3 is 2.55 bits per heavy atom. The summed E-state index contributed by atoms with van der Waals surface area (Å²) in [6, 6.07) is 6.40. The van der Waals surface area contributed by atoms with Crippen molar-refractivity contribution in [2.45, 2.75) is 32.8 Å². The molecule has 38 heavy (non-hydrogen) atoms. The number of ether oxygens (including phenoxy) is 2. The molecule has 202 valence electrons. The maximum absolute atomic E-state index is 15.4. The van der Waals surface area contributed by atoms with Gasteiger partial charge in [-0.05, 0) is 37.6 Å². The van der Waals surface area contributed by atoms with Crippen LogP contribution in [0.25, 0.3) is 17.3 Å². The summed E-state index contributed by atoms with van der Waals surface area (Å²) in [4.78, 5) is 27.8. The molecule has 1 atom stereocenters. The molecule has 3 aromatic rings. The SMILES string of the molecule is CCCCOCC(OC)c1cccc(-c2csc(NC(=O)c3cc(F)c(/C=C(\C)C(=O)O)c(F)c3)n2)c1F. The quantitative estimate of drug-likeness (QED) is 0.199. The zero-order valence-corrected chi connectivity index (χ0v) is 21.8. The standard InChI is InChI=1S/C27H27F3N2O5S/c1-4-5-9-37-13-23(36-3)18-8-6-7-17(24(18)30)22-14-38-27(31-22)32-25(33)16-11-20(28)19(21(29)12-16)10-15(2)26(34)35/h6-8,10-12,14,23H,4-5,9,13H2,1-3H3,(H,34,35)(H,31,32,33)/b15-10+. The summed E-state index contributed by atoms with van der Waals surface area (Å²) in [7, 11) is 1.47. The van der Waals surface area contributed by atoms with E-state index in [2.05, 4.69) is 10.3 Å². The number of carbonyl (C=O) groups excluding carboxylic acids is 1. The molecule has 0 saturated carbocycles. The van der Waals surface area contributed by atoms with Crippen molar-refractivity contribution in [1.82, 2.24) is 4.98 Å². The van der Waals surface area contributed by atoms with E-state index in [0.717, 1.165) is 42.4 Å². The summed E-state index contributed by atoms with van der Waals surface area (Å²) in [5, 5.41) is 13.0. The Kier molecular flexibility index (Phi) is 10.2.